The fourth-order valence-corrected chi connectivity index (χ4v) is 4.44. The molecule has 0 aromatic carbocycles. The van der Waals surface area contributed by atoms with Gasteiger partial charge >= 0.3 is 0 Å². The summed E-state index contributed by atoms with van der Waals surface area (Å²) in [6, 6.07) is 7.83. The van der Waals surface area contributed by atoms with Gasteiger partial charge in [0.1, 0.15) is 10.6 Å². The monoisotopic (exact) mass is 412 g/mol. The Morgan fingerprint density at radius 3 is 2.72 bits per heavy atom. The number of primary amides is 1. The molecule has 1 fully saturated rings. The van der Waals surface area contributed by atoms with E-state index in [4.69, 9.17) is 9.78 Å². The van der Waals surface area contributed by atoms with E-state index in [0.717, 1.165) is 58.3 Å². The Labute approximate surface area is 171 Å². The van der Waals surface area contributed by atoms with E-state index >= 15 is 0 Å². The number of carbonyl (C=O) groups is 1. The molecule has 5 rings (SSSR count). The maximum atomic E-state index is 14.4. The van der Waals surface area contributed by atoms with Gasteiger partial charge in [0, 0.05) is 54.4 Å². The van der Waals surface area contributed by atoms with Gasteiger partial charge in [-0.2, -0.15) is 0 Å². The molecule has 29 heavy (non-hydrogen) atoms. The van der Waals surface area contributed by atoms with Gasteiger partial charge in [-0.3, -0.25) is 4.79 Å². The molecule has 0 bridgehead atoms. The van der Waals surface area contributed by atoms with Crippen LogP contribution in [0.5, 0.6) is 0 Å². The molecule has 0 aliphatic carbocycles. The van der Waals surface area contributed by atoms with Gasteiger partial charge in [0.05, 0.1) is 5.69 Å². The summed E-state index contributed by atoms with van der Waals surface area (Å²) in [5, 5.41) is 4.45. The van der Waals surface area contributed by atoms with Crippen LogP contribution in [0.3, 0.4) is 0 Å². The average Bonchev–Trinajstić information content (AvgIpc) is 3.31. The minimum Gasteiger partial charge on any atom is -0.372 e. The molecule has 9 heteroatoms. The van der Waals surface area contributed by atoms with Crippen molar-refractivity contribution in [2.24, 2.45) is 5.73 Å². The van der Waals surface area contributed by atoms with Crippen molar-refractivity contribution in [2.75, 3.05) is 31.1 Å². The van der Waals surface area contributed by atoms with Crippen molar-refractivity contribution in [3.8, 4) is 10.4 Å². The topological polar surface area (TPSA) is 88.6 Å². The lowest BCUT2D eigenvalue weighted by atomic mass is 10.2. The van der Waals surface area contributed by atoms with Gasteiger partial charge in [0.2, 0.25) is 6.41 Å². The third kappa shape index (κ3) is 3.92. The first-order chi connectivity index (χ1) is 14.1. The number of nitrogens with one attached hydrogen (secondary N) is 1. The van der Waals surface area contributed by atoms with Crippen LogP contribution in [0.4, 0.5) is 10.2 Å². The van der Waals surface area contributed by atoms with Crippen molar-refractivity contribution in [3.05, 3.63) is 48.2 Å². The lowest BCUT2D eigenvalue weighted by molar-refractivity contribution is -0.106. The van der Waals surface area contributed by atoms with Crippen LogP contribution in [0.25, 0.3) is 26.3 Å². The number of hydrogen-bond donors (Lipinski definition) is 2. The number of carbonyl (C=O) groups excluding carboxylic acids is 1. The Balaban J connectivity index is 0.000000645. The Morgan fingerprint density at radius 1 is 1.21 bits per heavy atom. The lowest BCUT2D eigenvalue weighted by Crippen LogP contribution is -2.43. The molecular formula is C20H21FN6OS. The first kappa shape index (κ1) is 19.3. The Bertz CT molecular complexity index is 1160. The molecule has 5 heterocycles. The number of amides is 1. The Kier molecular flexibility index (Phi) is 5.41. The van der Waals surface area contributed by atoms with Crippen molar-refractivity contribution in [1.29, 1.82) is 0 Å². The second-order valence-electron chi connectivity index (χ2n) is 6.74. The molecular weight excluding hydrogens is 391 g/mol. The number of pyridine rings is 2. The quantitative estimate of drug-likeness (QED) is 0.494. The normalized spacial score (nSPS) is 14.1. The second-order valence-corrected chi connectivity index (χ2v) is 7.77. The minimum absolute atomic E-state index is 0.250. The van der Waals surface area contributed by atoms with E-state index in [1.807, 2.05) is 19.3 Å². The van der Waals surface area contributed by atoms with Gasteiger partial charge in [-0.25, -0.2) is 14.4 Å². The molecule has 0 saturated carbocycles. The largest absolute Gasteiger partial charge is 0.372 e. The SMILES string of the molecule is Cc1cn2cc(-c3cc4ccc(N5CCNCC5)nc4s3)cc(F)c2n1.NC=O. The highest BCUT2D eigenvalue weighted by Crippen LogP contribution is 2.34. The van der Waals surface area contributed by atoms with Gasteiger partial charge in [0.25, 0.3) is 0 Å². The van der Waals surface area contributed by atoms with E-state index in [1.165, 1.54) is 0 Å². The predicted molar refractivity (Wildman–Crippen MR) is 114 cm³/mol. The maximum absolute atomic E-state index is 14.4. The first-order valence-corrected chi connectivity index (χ1v) is 10.1. The standard InChI is InChI=1S/C19H18FN5S.CH3NO/c1-12-10-25-11-14(8-15(20)18(25)22-12)16-9-13-2-3-17(23-19(13)26-16)24-6-4-21-5-7-24;2-1-3/h2-3,8-11,21H,4-7H2,1H3;1H,(H2,2,3). The molecule has 0 spiro atoms. The van der Waals surface area contributed by atoms with Crippen LogP contribution in [-0.4, -0.2) is 47.0 Å². The first-order valence-electron chi connectivity index (χ1n) is 9.26. The van der Waals surface area contributed by atoms with Crippen LogP contribution in [0, 0.1) is 12.7 Å². The summed E-state index contributed by atoms with van der Waals surface area (Å²) in [5.74, 6) is 0.710. The van der Waals surface area contributed by atoms with E-state index in [-0.39, 0.29) is 12.2 Å². The second kappa shape index (κ2) is 8.14. The number of fused-ring (bicyclic) bond motifs is 2. The molecule has 0 atom stereocenters. The third-order valence-corrected chi connectivity index (χ3v) is 5.81. The van der Waals surface area contributed by atoms with Crippen molar-refractivity contribution in [3.63, 3.8) is 0 Å². The molecule has 150 valence electrons. The molecule has 7 nitrogen and oxygen atoms in total. The minimum atomic E-state index is -0.303. The van der Waals surface area contributed by atoms with Crippen molar-refractivity contribution >= 4 is 39.4 Å². The number of aromatic nitrogens is 3. The zero-order valence-electron chi connectivity index (χ0n) is 15.9. The molecule has 3 N–H and O–H groups in total. The van der Waals surface area contributed by atoms with Crippen LogP contribution >= 0.6 is 11.3 Å². The average molecular weight is 412 g/mol. The number of imidazole rings is 1. The summed E-state index contributed by atoms with van der Waals surface area (Å²) in [6.45, 7) is 5.78. The van der Waals surface area contributed by atoms with Crippen molar-refractivity contribution in [2.45, 2.75) is 6.92 Å². The highest BCUT2D eigenvalue weighted by atomic mass is 32.1. The van der Waals surface area contributed by atoms with Gasteiger partial charge in [-0.05, 0) is 31.2 Å². The van der Waals surface area contributed by atoms with E-state index in [0.29, 0.717) is 5.65 Å². The summed E-state index contributed by atoms with van der Waals surface area (Å²) in [7, 11) is 0. The number of nitrogens with zero attached hydrogens (tertiary/aromatic N) is 4. The van der Waals surface area contributed by atoms with Gasteiger partial charge in [-0.15, -0.1) is 11.3 Å². The molecule has 1 aliphatic heterocycles. The van der Waals surface area contributed by atoms with Gasteiger partial charge < -0.3 is 20.4 Å². The van der Waals surface area contributed by atoms with E-state index in [1.54, 1.807) is 21.8 Å². The molecule has 0 radical (unpaired) electrons. The van der Waals surface area contributed by atoms with Crippen LogP contribution in [0.2, 0.25) is 0 Å². The molecule has 0 unspecified atom stereocenters. The molecule has 1 aliphatic rings. The maximum Gasteiger partial charge on any atom is 0.204 e. The van der Waals surface area contributed by atoms with E-state index in [2.05, 4.69) is 39.1 Å². The zero-order valence-corrected chi connectivity index (χ0v) is 16.7. The summed E-state index contributed by atoms with van der Waals surface area (Å²) >= 11 is 1.60. The predicted octanol–water partition coefficient (Wildman–Crippen LogP) is 2.57. The number of thiophene rings is 1. The molecule has 1 amide bonds. The molecule has 1 saturated heterocycles. The Hall–Kier alpha value is -3.04. The summed E-state index contributed by atoms with van der Waals surface area (Å²) in [4.78, 5) is 21.9. The number of piperazine rings is 1. The smallest absolute Gasteiger partial charge is 0.204 e. The number of aryl methyl sites for hydroxylation is 1. The third-order valence-electron chi connectivity index (χ3n) is 4.72. The van der Waals surface area contributed by atoms with Crippen LogP contribution < -0.4 is 16.0 Å². The van der Waals surface area contributed by atoms with Crippen LogP contribution in [0.15, 0.2) is 36.7 Å². The highest BCUT2D eigenvalue weighted by molar-refractivity contribution is 7.21. The summed E-state index contributed by atoms with van der Waals surface area (Å²) in [6.07, 6.45) is 4.02. The summed E-state index contributed by atoms with van der Waals surface area (Å²) < 4.78 is 16.2. The summed E-state index contributed by atoms with van der Waals surface area (Å²) in [5.41, 5.74) is 6.19. The number of anilines is 1. The lowest BCUT2D eigenvalue weighted by Gasteiger charge is -2.28. The van der Waals surface area contributed by atoms with Gasteiger partial charge in [0.15, 0.2) is 11.5 Å². The number of rotatable bonds is 2. The number of nitrogens with two attached hydrogens (primary N) is 1. The van der Waals surface area contributed by atoms with Crippen molar-refractivity contribution < 1.29 is 9.18 Å². The van der Waals surface area contributed by atoms with Crippen LogP contribution in [-0.2, 0) is 4.79 Å². The van der Waals surface area contributed by atoms with E-state index in [9.17, 15) is 4.39 Å². The zero-order chi connectivity index (χ0) is 20.4. The fourth-order valence-electron chi connectivity index (χ4n) is 3.43. The van der Waals surface area contributed by atoms with E-state index < -0.39 is 0 Å². The number of hydrogen-bond acceptors (Lipinski definition) is 6. The van der Waals surface area contributed by atoms with Crippen LogP contribution in [0.1, 0.15) is 5.69 Å². The van der Waals surface area contributed by atoms with Crippen molar-refractivity contribution in [1.82, 2.24) is 19.7 Å². The highest BCUT2D eigenvalue weighted by Gasteiger charge is 2.14. The number of halogens is 1. The Morgan fingerprint density at radius 2 is 1.97 bits per heavy atom. The molecule has 4 aromatic heterocycles. The molecule has 4 aromatic rings. The fraction of sp³-hybridized carbons (Fsp3) is 0.250. The van der Waals surface area contributed by atoms with Gasteiger partial charge in [-0.1, -0.05) is 0 Å².